The second-order valence-electron chi connectivity index (χ2n) is 4.90. The van der Waals surface area contributed by atoms with E-state index in [9.17, 15) is 9.18 Å². The summed E-state index contributed by atoms with van der Waals surface area (Å²) in [7, 11) is 0. The van der Waals surface area contributed by atoms with Crippen molar-refractivity contribution in [2.45, 2.75) is 19.4 Å². The maximum Gasteiger partial charge on any atom is 0.241 e. The van der Waals surface area contributed by atoms with Gasteiger partial charge < -0.3 is 10.6 Å². The van der Waals surface area contributed by atoms with Crippen LogP contribution in [0.2, 0.25) is 0 Å². The van der Waals surface area contributed by atoms with Crippen molar-refractivity contribution in [3.05, 3.63) is 30.1 Å². The Balaban J connectivity index is 2.00. The minimum atomic E-state index is -0.294. The molecular formula is C14H20FN3O. The molecule has 0 radical (unpaired) electrons. The van der Waals surface area contributed by atoms with Crippen LogP contribution in [0.25, 0.3) is 0 Å². The van der Waals surface area contributed by atoms with Crippen LogP contribution in [-0.4, -0.2) is 43.0 Å². The van der Waals surface area contributed by atoms with E-state index in [1.54, 1.807) is 17.0 Å². The van der Waals surface area contributed by atoms with Crippen LogP contribution in [0.4, 0.5) is 10.1 Å². The van der Waals surface area contributed by atoms with E-state index in [1.807, 2.05) is 6.92 Å². The average Bonchev–Trinajstić information content (AvgIpc) is 2.78. The van der Waals surface area contributed by atoms with Gasteiger partial charge in [0.1, 0.15) is 5.82 Å². The molecule has 1 aromatic carbocycles. The number of anilines is 1. The predicted molar refractivity (Wildman–Crippen MR) is 73.5 cm³/mol. The molecule has 1 saturated heterocycles. The fraction of sp³-hybridized carbons (Fsp3) is 0.500. The lowest BCUT2D eigenvalue weighted by Gasteiger charge is -2.24. The van der Waals surface area contributed by atoms with E-state index in [1.165, 1.54) is 12.1 Å². The number of likely N-dealkylation sites (tertiary alicyclic amines) is 1. The SMILES string of the molecule is CCN(C(=O)CN1CC[C@H](N)C1)c1ccc(F)cc1. The summed E-state index contributed by atoms with van der Waals surface area (Å²) >= 11 is 0. The number of likely N-dealkylation sites (N-methyl/N-ethyl adjacent to an activating group) is 1. The van der Waals surface area contributed by atoms with Crippen LogP contribution in [0.3, 0.4) is 0 Å². The molecule has 0 saturated carbocycles. The first kappa shape index (κ1) is 14.0. The second-order valence-corrected chi connectivity index (χ2v) is 4.90. The van der Waals surface area contributed by atoms with Crippen LogP contribution in [0.1, 0.15) is 13.3 Å². The zero-order valence-corrected chi connectivity index (χ0v) is 11.2. The molecule has 1 aliphatic heterocycles. The molecule has 0 spiro atoms. The zero-order valence-electron chi connectivity index (χ0n) is 11.2. The fourth-order valence-corrected chi connectivity index (χ4v) is 2.41. The molecule has 1 amide bonds. The standard InChI is InChI=1S/C14H20FN3O/c1-2-18(13-5-3-11(15)4-6-13)14(19)10-17-8-7-12(16)9-17/h3-6,12H,2,7-10,16H2,1H3/t12-/m0/s1. The number of carbonyl (C=O) groups is 1. The average molecular weight is 265 g/mol. The number of amides is 1. The quantitative estimate of drug-likeness (QED) is 0.890. The molecule has 0 aliphatic carbocycles. The number of rotatable bonds is 4. The monoisotopic (exact) mass is 265 g/mol. The van der Waals surface area contributed by atoms with Gasteiger partial charge in [-0.25, -0.2) is 4.39 Å². The molecule has 19 heavy (non-hydrogen) atoms. The van der Waals surface area contributed by atoms with Crippen LogP contribution in [0.5, 0.6) is 0 Å². The molecule has 0 aromatic heterocycles. The first-order valence-corrected chi connectivity index (χ1v) is 6.64. The van der Waals surface area contributed by atoms with Gasteiger partial charge in [-0.05, 0) is 37.6 Å². The highest BCUT2D eigenvalue weighted by molar-refractivity contribution is 5.94. The van der Waals surface area contributed by atoms with Gasteiger partial charge in [0.15, 0.2) is 0 Å². The van der Waals surface area contributed by atoms with Gasteiger partial charge >= 0.3 is 0 Å². The fourth-order valence-electron chi connectivity index (χ4n) is 2.41. The summed E-state index contributed by atoms with van der Waals surface area (Å²) in [5.74, 6) is -0.263. The molecule has 5 heteroatoms. The van der Waals surface area contributed by atoms with E-state index in [0.717, 1.165) is 25.2 Å². The van der Waals surface area contributed by atoms with Crippen molar-refractivity contribution < 1.29 is 9.18 Å². The van der Waals surface area contributed by atoms with Crippen molar-refractivity contribution in [2.75, 3.05) is 31.1 Å². The van der Waals surface area contributed by atoms with Crippen LogP contribution in [-0.2, 0) is 4.79 Å². The Kier molecular flexibility index (Phi) is 4.50. The highest BCUT2D eigenvalue weighted by Gasteiger charge is 2.23. The van der Waals surface area contributed by atoms with Crippen molar-refractivity contribution in [1.29, 1.82) is 0 Å². The summed E-state index contributed by atoms with van der Waals surface area (Å²) in [6.45, 7) is 4.50. The number of benzene rings is 1. The van der Waals surface area contributed by atoms with Crippen molar-refractivity contribution in [1.82, 2.24) is 4.90 Å². The minimum absolute atomic E-state index is 0.0307. The normalized spacial score (nSPS) is 19.6. The second kappa shape index (κ2) is 6.12. The molecule has 1 aromatic rings. The van der Waals surface area contributed by atoms with Gasteiger partial charge in [-0.1, -0.05) is 0 Å². The number of nitrogens with zero attached hydrogens (tertiary/aromatic N) is 2. The van der Waals surface area contributed by atoms with E-state index in [4.69, 9.17) is 5.73 Å². The lowest BCUT2D eigenvalue weighted by atomic mass is 10.2. The number of carbonyl (C=O) groups excluding carboxylic acids is 1. The lowest BCUT2D eigenvalue weighted by molar-refractivity contribution is -0.119. The molecule has 1 heterocycles. The van der Waals surface area contributed by atoms with Crippen LogP contribution < -0.4 is 10.6 Å². The highest BCUT2D eigenvalue weighted by Crippen LogP contribution is 2.16. The summed E-state index contributed by atoms with van der Waals surface area (Å²) in [6.07, 6.45) is 0.940. The van der Waals surface area contributed by atoms with Gasteiger partial charge in [-0.15, -0.1) is 0 Å². The summed E-state index contributed by atoms with van der Waals surface area (Å²) in [5.41, 5.74) is 6.56. The molecule has 2 rings (SSSR count). The molecule has 1 aliphatic rings. The van der Waals surface area contributed by atoms with Gasteiger partial charge in [0.25, 0.3) is 0 Å². The third-order valence-corrected chi connectivity index (χ3v) is 3.42. The number of halogens is 1. The molecule has 1 atom stereocenters. The smallest absolute Gasteiger partial charge is 0.241 e. The molecule has 1 fully saturated rings. The van der Waals surface area contributed by atoms with Crippen LogP contribution >= 0.6 is 0 Å². The number of nitrogens with two attached hydrogens (primary N) is 1. The Morgan fingerprint density at radius 2 is 2.16 bits per heavy atom. The molecule has 0 unspecified atom stereocenters. The van der Waals surface area contributed by atoms with E-state index in [0.29, 0.717) is 13.1 Å². The van der Waals surface area contributed by atoms with E-state index >= 15 is 0 Å². The van der Waals surface area contributed by atoms with Gasteiger partial charge in [0, 0.05) is 31.4 Å². The molecule has 104 valence electrons. The van der Waals surface area contributed by atoms with Gasteiger partial charge in [-0.3, -0.25) is 9.69 Å². The van der Waals surface area contributed by atoms with Crippen molar-refractivity contribution in [3.63, 3.8) is 0 Å². The first-order chi connectivity index (χ1) is 9.10. The Hall–Kier alpha value is -1.46. The van der Waals surface area contributed by atoms with Crippen molar-refractivity contribution in [3.8, 4) is 0 Å². The largest absolute Gasteiger partial charge is 0.326 e. The maximum atomic E-state index is 12.9. The molecule has 2 N–H and O–H groups in total. The number of hydrogen-bond acceptors (Lipinski definition) is 3. The molecular weight excluding hydrogens is 245 g/mol. The van der Waals surface area contributed by atoms with Crippen LogP contribution in [0.15, 0.2) is 24.3 Å². The van der Waals surface area contributed by atoms with Gasteiger partial charge in [0.2, 0.25) is 5.91 Å². The van der Waals surface area contributed by atoms with E-state index < -0.39 is 0 Å². The summed E-state index contributed by atoms with van der Waals surface area (Å²) < 4.78 is 12.9. The third-order valence-electron chi connectivity index (χ3n) is 3.42. The Morgan fingerprint density at radius 3 is 2.68 bits per heavy atom. The van der Waals surface area contributed by atoms with Crippen LogP contribution in [0, 0.1) is 5.82 Å². The lowest BCUT2D eigenvalue weighted by Crippen LogP contribution is -2.40. The minimum Gasteiger partial charge on any atom is -0.326 e. The first-order valence-electron chi connectivity index (χ1n) is 6.64. The Bertz CT molecular complexity index is 435. The summed E-state index contributed by atoms with van der Waals surface area (Å²) in [5, 5.41) is 0. The summed E-state index contributed by atoms with van der Waals surface area (Å²) in [6, 6.07) is 6.18. The predicted octanol–water partition coefficient (Wildman–Crippen LogP) is 1.21. The summed E-state index contributed by atoms with van der Waals surface area (Å²) in [4.78, 5) is 16.0. The zero-order chi connectivity index (χ0) is 13.8. The van der Waals surface area contributed by atoms with Crippen molar-refractivity contribution >= 4 is 11.6 Å². The van der Waals surface area contributed by atoms with E-state index in [2.05, 4.69) is 4.90 Å². The van der Waals surface area contributed by atoms with Gasteiger partial charge in [-0.2, -0.15) is 0 Å². The van der Waals surface area contributed by atoms with E-state index in [-0.39, 0.29) is 17.8 Å². The molecule has 0 bridgehead atoms. The Morgan fingerprint density at radius 1 is 1.47 bits per heavy atom. The number of hydrogen-bond donors (Lipinski definition) is 1. The third kappa shape index (κ3) is 3.52. The Labute approximate surface area is 113 Å². The van der Waals surface area contributed by atoms with Gasteiger partial charge in [0.05, 0.1) is 6.54 Å². The highest BCUT2D eigenvalue weighted by atomic mass is 19.1. The molecule has 4 nitrogen and oxygen atoms in total. The maximum absolute atomic E-state index is 12.9. The van der Waals surface area contributed by atoms with Crippen molar-refractivity contribution in [2.24, 2.45) is 5.73 Å². The topological polar surface area (TPSA) is 49.6 Å².